The number of carbonyl (C=O) groups is 4. The Labute approximate surface area is 426 Å². The van der Waals surface area contributed by atoms with Crippen LogP contribution in [0.15, 0.2) is 85.2 Å². The normalized spacial score (nSPS) is 13.1. The minimum atomic E-state index is -5.46. The first-order chi connectivity index (χ1) is 38.0. The minimum absolute atomic E-state index is 0.0799. The molecule has 0 unspecified atom stereocenters. The van der Waals surface area contributed by atoms with Crippen LogP contribution >= 0.6 is 0 Å². The van der Waals surface area contributed by atoms with Crippen LogP contribution in [-0.2, 0) is 17.1 Å². The van der Waals surface area contributed by atoms with Gasteiger partial charge in [0.2, 0.25) is 23.1 Å². The van der Waals surface area contributed by atoms with E-state index in [1.807, 2.05) is 5.32 Å². The number of anilines is 2. The molecule has 32 heteroatoms. The number of methoxy groups -OCH3 is 3. The average molecular weight is 1120 g/mol. The molecular formula is C45H27F16N5O11. The molecule has 0 atom stereocenters. The Morgan fingerprint density at radius 2 is 0.909 bits per heavy atom. The third-order valence-corrected chi connectivity index (χ3v) is 9.05. The summed E-state index contributed by atoms with van der Waals surface area (Å²) in [6.45, 7) is 0. The lowest BCUT2D eigenvalue weighted by Gasteiger charge is -2.18. The van der Waals surface area contributed by atoms with Gasteiger partial charge in [-0.3, -0.25) is 19.4 Å². The van der Waals surface area contributed by atoms with Crippen LogP contribution in [0, 0.1) is 23.3 Å². The molecule has 6 rings (SSSR count). The fourth-order valence-electron chi connectivity index (χ4n) is 5.88. The van der Waals surface area contributed by atoms with Crippen LogP contribution in [0.1, 0.15) is 61.0 Å². The van der Waals surface area contributed by atoms with Gasteiger partial charge in [0.15, 0.2) is 23.0 Å². The van der Waals surface area contributed by atoms with E-state index < -0.39 is 154 Å². The fourth-order valence-corrected chi connectivity index (χ4v) is 5.88. The van der Waals surface area contributed by atoms with Gasteiger partial charge in [-0.2, -0.15) is 35.1 Å². The highest BCUT2D eigenvalue weighted by molar-refractivity contribution is 6.08. The van der Waals surface area contributed by atoms with Crippen LogP contribution in [0.5, 0.6) is 46.0 Å². The molecule has 6 aromatic rings. The summed E-state index contributed by atoms with van der Waals surface area (Å²) in [6.07, 6.45) is -19.4. The molecule has 0 saturated carbocycles. The molecule has 410 valence electrons. The van der Waals surface area contributed by atoms with Gasteiger partial charge in [0.25, 0.3) is 17.7 Å². The average Bonchev–Trinajstić information content (AvgIpc) is 3.22. The smallest absolute Gasteiger partial charge is 0.490 e. The second-order valence-corrected chi connectivity index (χ2v) is 14.2. The minimum Gasteiger partial charge on any atom is -0.490 e. The highest BCUT2D eigenvalue weighted by atomic mass is 19.4. The Morgan fingerprint density at radius 3 is 1.26 bits per heavy atom. The van der Waals surface area contributed by atoms with Crippen molar-refractivity contribution in [3.8, 4) is 46.0 Å². The van der Waals surface area contributed by atoms with Crippen molar-refractivity contribution < 1.29 is 131 Å². The zero-order valence-electron chi connectivity index (χ0n) is 43.1. The molecule has 0 bridgehead atoms. The van der Waals surface area contributed by atoms with E-state index in [0.717, 1.165) is 43.8 Å². The molecule has 4 aromatic carbocycles. The summed E-state index contributed by atoms with van der Waals surface area (Å²) in [6, 6.07) is 5.41. The first-order valence-corrected chi connectivity index (χ1v) is 19.7. The largest absolute Gasteiger partial charge is 0.573 e. The number of nitrogens with zero attached hydrogens (tertiary/aromatic N) is 2. The predicted molar refractivity (Wildman–Crippen MR) is 226 cm³/mol. The number of nitrogens with one attached hydrogen (secondary N) is 2. The van der Waals surface area contributed by atoms with Crippen molar-refractivity contribution >= 4 is 35.1 Å². The third-order valence-electron chi connectivity index (χ3n) is 9.05. The van der Waals surface area contributed by atoms with Crippen molar-refractivity contribution in [2.75, 3.05) is 31.8 Å². The maximum Gasteiger partial charge on any atom is 0.573 e. The number of primary amides is 1. The molecule has 4 N–H and O–H groups in total. The topological polar surface area (TPSA) is 209 Å². The highest BCUT2D eigenvalue weighted by Gasteiger charge is 2.38. The number of esters is 1. The Balaban J connectivity index is 0.000000304. The number of ether oxygens (including phenoxy) is 7. The molecule has 0 saturated heterocycles. The molecule has 2 aromatic heterocycles. The molecule has 2 heterocycles. The Bertz CT molecular complexity index is 3460. The Kier molecular flexibility index (Phi) is 15.0. The number of aromatic nitrogens is 2. The van der Waals surface area contributed by atoms with Crippen molar-refractivity contribution in [3.63, 3.8) is 0 Å². The van der Waals surface area contributed by atoms with E-state index >= 15 is 0 Å². The van der Waals surface area contributed by atoms with Gasteiger partial charge in [-0.15, -0.1) is 26.3 Å². The summed E-state index contributed by atoms with van der Waals surface area (Å²) in [5, 5.41) is 4.12. The van der Waals surface area contributed by atoms with Gasteiger partial charge in [-0.1, -0.05) is 0 Å². The molecule has 0 radical (unpaired) electrons. The fraction of sp³-hybridized carbons (Fsp3) is 0.156. The van der Waals surface area contributed by atoms with Crippen LogP contribution in [0.3, 0.4) is 0 Å². The summed E-state index contributed by atoms with van der Waals surface area (Å²) in [5.41, 5.74) is -2.05. The highest BCUT2D eigenvalue weighted by Crippen LogP contribution is 2.45. The molecule has 0 spiro atoms. The second-order valence-electron chi connectivity index (χ2n) is 14.2. The molecule has 0 aliphatic carbocycles. The molecule has 77 heavy (non-hydrogen) atoms. The quantitative estimate of drug-likeness (QED) is 0.0686. The maximum absolute atomic E-state index is 15.0. The van der Waals surface area contributed by atoms with Crippen molar-refractivity contribution in [2.24, 2.45) is 5.73 Å². The third kappa shape index (κ3) is 15.0. The van der Waals surface area contributed by atoms with Crippen molar-refractivity contribution in [2.45, 2.75) is 25.1 Å². The number of hydrogen-bond acceptors (Lipinski definition) is 13. The first kappa shape index (κ1) is 49.9. The number of alkyl halides is 12. The molecular weight excluding hydrogens is 1090 g/mol. The summed E-state index contributed by atoms with van der Waals surface area (Å²) in [7, 11) is -6.08. The van der Waals surface area contributed by atoms with Gasteiger partial charge in [0.05, 0.1) is 40.5 Å². The number of rotatable bonds is 14. The number of hydrogen-bond donors (Lipinski definition) is 3. The van der Waals surface area contributed by atoms with Crippen molar-refractivity contribution in [1.29, 1.82) is 0 Å². The first-order valence-electron chi connectivity index (χ1n) is 22.7. The molecule has 16 nitrogen and oxygen atoms in total. The van der Waals surface area contributed by atoms with Crippen LogP contribution in [0.25, 0.3) is 0 Å². The number of halogens is 16. The SMILES string of the molecule is [2H]C([2H])([2H])Oc1c(Oc2cc(C(F)(F)F)cc(F)c2C(=O)Nc2ccnc(C(=O)OC)c2)ccc(OC(F)(F)F)c1F.[2H]C([2H])([2H])Oc1c(Oc2cc(C(F)(F)F)cc(F)c2C(=O)Nc2ccnc(C(N)=O)c2)ccc(OC(F)(F)F)c1F. The lowest BCUT2D eigenvalue weighted by atomic mass is 10.1. The number of carbonyl (C=O) groups excluding carboxylic acids is 4. The van der Waals surface area contributed by atoms with E-state index in [4.69, 9.17) is 23.4 Å². The monoisotopic (exact) mass is 1120 g/mol. The maximum atomic E-state index is 15.0. The molecule has 0 aliphatic heterocycles. The molecule has 0 aliphatic rings. The van der Waals surface area contributed by atoms with E-state index in [1.54, 1.807) is 0 Å². The summed E-state index contributed by atoms with van der Waals surface area (Å²) in [4.78, 5) is 56.1. The lowest BCUT2D eigenvalue weighted by molar-refractivity contribution is -0.276. The van der Waals surface area contributed by atoms with Crippen LogP contribution in [0.2, 0.25) is 0 Å². The summed E-state index contributed by atoms with van der Waals surface area (Å²) >= 11 is 0. The van der Waals surface area contributed by atoms with Crippen molar-refractivity contribution in [3.05, 3.63) is 142 Å². The summed E-state index contributed by atoms with van der Waals surface area (Å²) < 4.78 is 289. The molecule has 3 amide bonds. The predicted octanol–water partition coefficient (Wildman–Crippen LogP) is 11.5. The zero-order valence-corrected chi connectivity index (χ0v) is 37.1. The Hall–Kier alpha value is -9.26. The number of benzene rings is 4. The van der Waals surface area contributed by atoms with Gasteiger partial charge >= 0.3 is 31.0 Å². The van der Waals surface area contributed by atoms with E-state index in [9.17, 15) is 89.4 Å². The van der Waals surface area contributed by atoms with Crippen LogP contribution in [0.4, 0.5) is 81.6 Å². The number of amides is 3. The van der Waals surface area contributed by atoms with E-state index in [1.165, 1.54) is 0 Å². The second kappa shape index (κ2) is 23.1. The van der Waals surface area contributed by atoms with Gasteiger partial charge in [-0.25, -0.2) is 18.6 Å². The van der Waals surface area contributed by atoms with Crippen molar-refractivity contribution in [1.82, 2.24) is 9.97 Å². The Morgan fingerprint density at radius 1 is 0.532 bits per heavy atom. The number of pyridine rings is 2. The number of nitrogens with two attached hydrogens (primary N) is 1. The van der Waals surface area contributed by atoms with E-state index in [2.05, 4.69) is 39.0 Å². The lowest BCUT2D eigenvalue weighted by Crippen LogP contribution is -2.19. The van der Waals surface area contributed by atoms with Gasteiger partial charge in [0.1, 0.15) is 45.6 Å². The van der Waals surface area contributed by atoms with Gasteiger partial charge in [-0.05, 0) is 72.8 Å². The van der Waals surface area contributed by atoms with E-state index in [0.29, 0.717) is 12.1 Å². The van der Waals surface area contributed by atoms with E-state index in [-0.39, 0.29) is 59.2 Å². The van der Waals surface area contributed by atoms with Gasteiger partial charge in [0, 0.05) is 23.8 Å². The summed E-state index contributed by atoms with van der Waals surface area (Å²) in [5.74, 6) is -24.2. The zero-order chi connectivity index (χ0) is 62.5. The standard InChI is InChI=1S/C23H14F8N2O6.C22H13F8N3O5/c1-36-19-15(4-3-14(18(19)25)39-23(29,30)31)38-16-8-10(22(26,27)28)7-12(24)17(16)20(34)33-11-5-6-32-13(9-11)21(35)37-2;1-36-18-14(3-2-13(17(18)24)38-22(28,29)30)37-15-7-9(21(25,26)27)6-11(23)16(15)20(35)33-10-4-5-32-12(8-10)19(31)34/h3-9H,1-2H3,(H,32,33,34);2-8H,1H3,(H2,31,34)(H,32,33,35)/i2*1D3. The molecule has 0 fully saturated rings. The van der Waals surface area contributed by atoms with Gasteiger partial charge < -0.3 is 49.5 Å². The van der Waals surface area contributed by atoms with Crippen LogP contribution in [-0.4, -0.2) is 67.6 Å². The van der Waals surface area contributed by atoms with Crippen LogP contribution < -0.4 is 44.8 Å².